The van der Waals surface area contributed by atoms with Gasteiger partial charge in [-0.25, -0.2) is 0 Å². The third-order valence-corrected chi connectivity index (χ3v) is 5.35. The summed E-state index contributed by atoms with van der Waals surface area (Å²) in [7, 11) is 1.62. The normalized spacial score (nSPS) is 16.2. The molecule has 1 saturated heterocycles. The van der Waals surface area contributed by atoms with Crippen LogP contribution in [0.25, 0.3) is 0 Å². The molecule has 0 atom stereocenters. The van der Waals surface area contributed by atoms with Gasteiger partial charge in [0, 0.05) is 25.2 Å². The van der Waals surface area contributed by atoms with Crippen molar-refractivity contribution in [3.05, 3.63) is 59.7 Å². The zero-order chi connectivity index (χ0) is 20.7. The molecule has 1 amide bonds. The number of benzene rings is 2. The number of nitrogens with zero attached hydrogens (tertiary/aromatic N) is 1. The van der Waals surface area contributed by atoms with Gasteiger partial charge in [-0.1, -0.05) is 35.9 Å². The van der Waals surface area contributed by atoms with E-state index >= 15 is 0 Å². The summed E-state index contributed by atoms with van der Waals surface area (Å²) in [5.41, 5.74) is 1.27. The van der Waals surface area contributed by atoms with Crippen molar-refractivity contribution in [3.8, 4) is 11.5 Å². The molecule has 0 aromatic heterocycles. The molecular weight excluding hydrogens is 368 g/mol. The van der Waals surface area contributed by atoms with Gasteiger partial charge in [-0.3, -0.25) is 9.69 Å². The standard InChI is InChI=1S/C23H30N2O4/c1-18-7-9-20(10-8-18)29-17-23(27)11-13-25(14-12-23)16-22(26)24-15-19-5-3-4-6-21(19)28-2/h3-10,27H,11-17H2,1-2H3,(H,24,26). The Morgan fingerprint density at radius 2 is 1.83 bits per heavy atom. The molecule has 0 bridgehead atoms. The van der Waals surface area contributed by atoms with Crippen LogP contribution < -0.4 is 14.8 Å². The molecule has 2 N–H and O–H groups in total. The van der Waals surface area contributed by atoms with Crippen LogP contribution in [0.1, 0.15) is 24.0 Å². The van der Waals surface area contributed by atoms with Crippen LogP contribution in [0.4, 0.5) is 0 Å². The molecule has 1 aliphatic heterocycles. The van der Waals surface area contributed by atoms with Gasteiger partial charge in [0.15, 0.2) is 0 Å². The highest BCUT2D eigenvalue weighted by molar-refractivity contribution is 5.78. The number of carbonyl (C=O) groups excluding carboxylic acids is 1. The summed E-state index contributed by atoms with van der Waals surface area (Å²) in [6.45, 7) is 4.38. The number of amides is 1. The van der Waals surface area contributed by atoms with E-state index < -0.39 is 5.60 Å². The molecule has 0 unspecified atom stereocenters. The van der Waals surface area contributed by atoms with Crippen molar-refractivity contribution in [1.82, 2.24) is 10.2 Å². The highest BCUT2D eigenvalue weighted by Crippen LogP contribution is 2.24. The molecule has 6 nitrogen and oxygen atoms in total. The van der Waals surface area contributed by atoms with Gasteiger partial charge in [0.25, 0.3) is 0 Å². The van der Waals surface area contributed by atoms with E-state index in [4.69, 9.17) is 9.47 Å². The number of ether oxygens (including phenoxy) is 2. The lowest BCUT2D eigenvalue weighted by Crippen LogP contribution is -2.50. The van der Waals surface area contributed by atoms with Crippen LogP contribution in [0.3, 0.4) is 0 Å². The number of aliphatic hydroxyl groups is 1. The van der Waals surface area contributed by atoms with Gasteiger partial charge in [0.1, 0.15) is 23.7 Å². The number of hydrogen-bond acceptors (Lipinski definition) is 5. The quantitative estimate of drug-likeness (QED) is 0.715. The van der Waals surface area contributed by atoms with E-state index in [1.807, 2.05) is 55.5 Å². The number of carbonyl (C=O) groups is 1. The summed E-state index contributed by atoms with van der Waals surface area (Å²) >= 11 is 0. The molecular formula is C23H30N2O4. The van der Waals surface area contributed by atoms with Crippen LogP contribution in [0, 0.1) is 6.92 Å². The van der Waals surface area contributed by atoms with Crippen LogP contribution in [0.15, 0.2) is 48.5 Å². The fourth-order valence-corrected chi connectivity index (χ4v) is 3.43. The van der Waals surface area contributed by atoms with Crippen LogP contribution in [-0.4, -0.2) is 54.9 Å². The van der Waals surface area contributed by atoms with Crippen LogP contribution in [0.2, 0.25) is 0 Å². The lowest BCUT2D eigenvalue weighted by molar-refractivity contribution is -0.124. The predicted molar refractivity (Wildman–Crippen MR) is 112 cm³/mol. The van der Waals surface area contributed by atoms with Crippen molar-refractivity contribution < 1.29 is 19.4 Å². The second kappa shape index (κ2) is 9.76. The lowest BCUT2D eigenvalue weighted by atomic mass is 9.92. The second-order valence-electron chi connectivity index (χ2n) is 7.69. The molecule has 2 aromatic rings. The molecule has 0 aliphatic carbocycles. The minimum absolute atomic E-state index is 0.0303. The molecule has 0 radical (unpaired) electrons. The molecule has 156 valence electrons. The molecule has 0 saturated carbocycles. The lowest BCUT2D eigenvalue weighted by Gasteiger charge is -2.37. The summed E-state index contributed by atoms with van der Waals surface area (Å²) in [6.07, 6.45) is 1.16. The minimum atomic E-state index is -0.852. The van der Waals surface area contributed by atoms with Crippen molar-refractivity contribution in [1.29, 1.82) is 0 Å². The average Bonchev–Trinajstić information content (AvgIpc) is 2.74. The van der Waals surface area contributed by atoms with E-state index in [9.17, 15) is 9.90 Å². The number of rotatable bonds is 8. The van der Waals surface area contributed by atoms with E-state index in [0.29, 0.717) is 39.0 Å². The number of hydrogen-bond donors (Lipinski definition) is 2. The molecule has 3 rings (SSSR count). The number of nitrogens with one attached hydrogen (secondary N) is 1. The first-order chi connectivity index (χ1) is 14.0. The zero-order valence-electron chi connectivity index (χ0n) is 17.2. The van der Waals surface area contributed by atoms with Crippen molar-refractivity contribution >= 4 is 5.91 Å². The maximum absolute atomic E-state index is 12.3. The van der Waals surface area contributed by atoms with Crippen molar-refractivity contribution in [2.75, 3.05) is 33.4 Å². The Kier molecular flexibility index (Phi) is 7.12. The average molecular weight is 399 g/mol. The monoisotopic (exact) mass is 398 g/mol. The highest BCUT2D eigenvalue weighted by Gasteiger charge is 2.33. The Morgan fingerprint density at radius 1 is 1.14 bits per heavy atom. The molecule has 29 heavy (non-hydrogen) atoms. The molecule has 0 spiro atoms. The highest BCUT2D eigenvalue weighted by atomic mass is 16.5. The summed E-state index contributed by atoms with van der Waals surface area (Å²) in [6, 6.07) is 15.5. The first kappa shape index (κ1) is 21.1. The number of aryl methyl sites for hydroxylation is 1. The zero-order valence-corrected chi connectivity index (χ0v) is 17.2. The van der Waals surface area contributed by atoms with E-state index in [-0.39, 0.29) is 12.5 Å². The topological polar surface area (TPSA) is 71.0 Å². The summed E-state index contributed by atoms with van der Waals surface area (Å²) in [5.74, 6) is 1.50. The number of likely N-dealkylation sites (tertiary alicyclic amines) is 1. The predicted octanol–water partition coefficient (Wildman–Crippen LogP) is 2.53. The largest absolute Gasteiger partial charge is 0.496 e. The third-order valence-electron chi connectivity index (χ3n) is 5.35. The molecule has 2 aromatic carbocycles. The Balaban J connectivity index is 1.40. The van der Waals surface area contributed by atoms with Crippen LogP contribution >= 0.6 is 0 Å². The first-order valence-electron chi connectivity index (χ1n) is 10.0. The Bertz CT molecular complexity index is 799. The van der Waals surface area contributed by atoms with Gasteiger partial charge in [0.2, 0.25) is 5.91 Å². The van der Waals surface area contributed by atoms with Crippen molar-refractivity contribution in [2.45, 2.75) is 31.9 Å². The van der Waals surface area contributed by atoms with Crippen molar-refractivity contribution in [2.24, 2.45) is 0 Å². The number of methoxy groups -OCH3 is 1. The SMILES string of the molecule is COc1ccccc1CNC(=O)CN1CCC(O)(COc2ccc(C)cc2)CC1. The van der Waals surface area contributed by atoms with Gasteiger partial charge in [-0.2, -0.15) is 0 Å². The smallest absolute Gasteiger partial charge is 0.234 e. The van der Waals surface area contributed by atoms with E-state index in [1.165, 1.54) is 5.56 Å². The Hall–Kier alpha value is -2.57. The van der Waals surface area contributed by atoms with Gasteiger partial charge in [-0.15, -0.1) is 0 Å². The first-order valence-corrected chi connectivity index (χ1v) is 10.0. The fraction of sp³-hybridized carbons (Fsp3) is 0.435. The maximum atomic E-state index is 12.3. The maximum Gasteiger partial charge on any atom is 0.234 e. The number of piperidine rings is 1. The minimum Gasteiger partial charge on any atom is -0.496 e. The van der Waals surface area contributed by atoms with E-state index in [0.717, 1.165) is 17.1 Å². The Morgan fingerprint density at radius 3 is 2.52 bits per heavy atom. The molecule has 1 heterocycles. The van der Waals surface area contributed by atoms with Crippen LogP contribution in [-0.2, 0) is 11.3 Å². The summed E-state index contributed by atoms with van der Waals surface area (Å²) < 4.78 is 11.1. The van der Waals surface area contributed by atoms with E-state index in [2.05, 4.69) is 10.2 Å². The second-order valence-corrected chi connectivity index (χ2v) is 7.69. The molecule has 1 fully saturated rings. The summed E-state index contributed by atoms with van der Waals surface area (Å²) in [4.78, 5) is 14.4. The summed E-state index contributed by atoms with van der Waals surface area (Å²) in [5, 5.41) is 13.7. The van der Waals surface area contributed by atoms with Crippen LogP contribution in [0.5, 0.6) is 11.5 Å². The van der Waals surface area contributed by atoms with Crippen molar-refractivity contribution in [3.63, 3.8) is 0 Å². The number of para-hydroxylation sites is 1. The Labute approximate surface area is 172 Å². The van der Waals surface area contributed by atoms with Gasteiger partial charge < -0.3 is 19.9 Å². The van der Waals surface area contributed by atoms with Gasteiger partial charge >= 0.3 is 0 Å². The fourth-order valence-electron chi connectivity index (χ4n) is 3.43. The van der Waals surface area contributed by atoms with Gasteiger partial charge in [0.05, 0.1) is 13.7 Å². The van der Waals surface area contributed by atoms with Gasteiger partial charge in [-0.05, 0) is 38.0 Å². The molecule has 1 aliphatic rings. The van der Waals surface area contributed by atoms with E-state index in [1.54, 1.807) is 7.11 Å². The molecule has 6 heteroatoms. The third kappa shape index (κ3) is 6.21.